The summed E-state index contributed by atoms with van der Waals surface area (Å²) in [5.74, 6) is 0.963. The summed E-state index contributed by atoms with van der Waals surface area (Å²) in [6.45, 7) is 3.82. The Morgan fingerprint density at radius 2 is 2.22 bits per heavy atom. The predicted octanol–water partition coefficient (Wildman–Crippen LogP) is 1.83. The van der Waals surface area contributed by atoms with Crippen LogP contribution in [0, 0.1) is 0 Å². The van der Waals surface area contributed by atoms with Gasteiger partial charge in [-0.15, -0.1) is 0 Å². The molecule has 1 heterocycles. The summed E-state index contributed by atoms with van der Waals surface area (Å²) >= 11 is 0. The Bertz CT molecular complexity index is 411. The maximum absolute atomic E-state index is 12.0. The Kier molecular flexibility index (Phi) is 3.71. The molecule has 100 valence electrons. The topological polar surface area (TPSA) is 75.4 Å². The molecule has 0 radical (unpaired) electrons. The lowest BCUT2D eigenvalue weighted by Crippen LogP contribution is -2.50. The Balaban J connectivity index is 2.05. The fourth-order valence-corrected chi connectivity index (χ4v) is 1.95. The van der Waals surface area contributed by atoms with Crippen LogP contribution in [0.2, 0.25) is 0 Å². The van der Waals surface area contributed by atoms with Crippen molar-refractivity contribution in [3.63, 3.8) is 0 Å². The second kappa shape index (κ2) is 5.10. The maximum atomic E-state index is 12.0. The minimum absolute atomic E-state index is 0.0704. The molecule has 1 aliphatic rings. The van der Waals surface area contributed by atoms with Crippen molar-refractivity contribution in [2.24, 2.45) is 0 Å². The van der Waals surface area contributed by atoms with Gasteiger partial charge in [0.25, 0.3) is 5.91 Å². The van der Waals surface area contributed by atoms with Crippen molar-refractivity contribution in [1.29, 1.82) is 0 Å². The molecule has 2 N–H and O–H groups in total. The number of nitrogens with zero attached hydrogens (tertiary/aromatic N) is 1. The average Bonchev–Trinajstić information content (AvgIpc) is 3.13. The molecule has 1 amide bonds. The highest BCUT2D eigenvalue weighted by atomic mass is 16.5. The van der Waals surface area contributed by atoms with Crippen LogP contribution < -0.4 is 5.32 Å². The lowest BCUT2D eigenvalue weighted by atomic mass is 9.93. The van der Waals surface area contributed by atoms with Crippen molar-refractivity contribution < 1.29 is 14.4 Å². The van der Waals surface area contributed by atoms with Gasteiger partial charge in [-0.25, -0.2) is 0 Å². The third-order valence-electron chi connectivity index (χ3n) is 3.78. The van der Waals surface area contributed by atoms with E-state index in [2.05, 4.69) is 10.5 Å². The van der Waals surface area contributed by atoms with Crippen molar-refractivity contribution in [1.82, 2.24) is 10.5 Å². The number of aromatic nitrogens is 1. The largest absolute Gasteiger partial charge is 0.394 e. The highest BCUT2D eigenvalue weighted by molar-refractivity contribution is 5.92. The summed E-state index contributed by atoms with van der Waals surface area (Å²) < 4.78 is 5.15. The smallest absolute Gasteiger partial charge is 0.273 e. The van der Waals surface area contributed by atoms with Gasteiger partial charge in [0.2, 0.25) is 0 Å². The van der Waals surface area contributed by atoms with Crippen molar-refractivity contribution in [2.75, 3.05) is 6.61 Å². The third kappa shape index (κ3) is 2.56. The Morgan fingerprint density at radius 1 is 1.56 bits per heavy atom. The van der Waals surface area contributed by atoms with Crippen LogP contribution in [-0.2, 0) is 0 Å². The molecule has 1 fully saturated rings. The molecule has 1 aromatic rings. The summed E-state index contributed by atoms with van der Waals surface area (Å²) in [4.78, 5) is 12.0. The molecule has 0 spiro atoms. The normalized spacial score (nSPS) is 15.7. The number of aliphatic hydroxyl groups is 1. The first-order valence-corrected chi connectivity index (χ1v) is 6.54. The number of rotatable bonds is 6. The van der Waals surface area contributed by atoms with E-state index in [9.17, 15) is 9.90 Å². The molecular formula is C13H20N2O3. The van der Waals surface area contributed by atoms with Crippen molar-refractivity contribution >= 4 is 5.91 Å². The monoisotopic (exact) mass is 252 g/mol. The number of hydrogen-bond donors (Lipinski definition) is 2. The number of carbonyl (C=O) groups is 1. The minimum atomic E-state index is -0.560. The fraction of sp³-hybridized carbons (Fsp3) is 0.692. The lowest BCUT2D eigenvalue weighted by Gasteiger charge is -2.30. The van der Waals surface area contributed by atoms with Crippen LogP contribution >= 0.6 is 0 Å². The van der Waals surface area contributed by atoms with Crippen LogP contribution in [0.25, 0.3) is 0 Å². The van der Waals surface area contributed by atoms with Gasteiger partial charge in [0, 0.05) is 12.0 Å². The van der Waals surface area contributed by atoms with Crippen molar-refractivity contribution in [3.05, 3.63) is 17.5 Å². The summed E-state index contributed by atoms with van der Waals surface area (Å²) in [7, 11) is 0. The second-order valence-electron chi connectivity index (χ2n) is 4.99. The first-order valence-electron chi connectivity index (χ1n) is 6.54. The van der Waals surface area contributed by atoms with E-state index in [1.165, 1.54) is 0 Å². The van der Waals surface area contributed by atoms with Crippen LogP contribution in [0.5, 0.6) is 0 Å². The molecule has 0 unspecified atom stereocenters. The summed E-state index contributed by atoms with van der Waals surface area (Å²) in [5, 5.41) is 16.1. The van der Waals surface area contributed by atoms with Crippen molar-refractivity contribution in [3.8, 4) is 0 Å². The molecule has 18 heavy (non-hydrogen) atoms. The Hall–Kier alpha value is -1.36. The van der Waals surface area contributed by atoms with Gasteiger partial charge in [0.1, 0.15) is 5.76 Å². The summed E-state index contributed by atoms with van der Waals surface area (Å²) in [5.41, 5.74) is -0.257. The van der Waals surface area contributed by atoms with Gasteiger partial charge < -0.3 is 14.9 Å². The molecular weight excluding hydrogens is 232 g/mol. The average molecular weight is 252 g/mol. The van der Waals surface area contributed by atoms with Gasteiger partial charge in [-0.2, -0.15) is 0 Å². The van der Waals surface area contributed by atoms with Gasteiger partial charge >= 0.3 is 0 Å². The van der Waals surface area contributed by atoms with E-state index >= 15 is 0 Å². The van der Waals surface area contributed by atoms with Crippen LogP contribution in [-0.4, -0.2) is 28.3 Å². The standard InChI is InChI=1S/C13H20N2O3/c1-3-13(4-2,8-16)14-12(17)10-7-11(18-15-10)9-5-6-9/h7,9,16H,3-6,8H2,1-2H3,(H,14,17). The van der Waals surface area contributed by atoms with Crippen LogP contribution in [0.1, 0.15) is 61.7 Å². The van der Waals surface area contributed by atoms with Gasteiger partial charge in [-0.05, 0) is 25.7 Å². The quantitative estimate of drug-likeness (QED) is 0.810. The molecule has 0 saturated heterocycles. The van der Waals surface area contributed by atoms with E-state index < -0.39 is 5.54 Å². The number of amides is 1. The number of carbonyl (C=O) groups excluding carboxylic acids is 1. The van der Waals surface area contributed by atoms with E-state index in [1.807, 2.05) is 13.8 Å². The molecule has 1 aliphatic carbocycles. The molecule has 1 aromatic heterocycles. The van der Waals surface area contributed by atoms with Gasteiger partial charge in [0.15, 0.2) is 5.69 Å². The SMILES string of the molecule is CCC(CC)(CO)NC(=O)c1cc(C2CC2)on1. The molecule has 0 aromatic carbocycles. The molecule has 2 rings (SSSR count). The van der Waals surface area contributed by atoms with Gasteiger partial charge in [0.05, 0.1) is 12.1 Å². The van der Waals surface area contributed by atoms with E-state index in [0.29, 0.717) is 24.5 Å². The van der Waals surface area contributed by atoms with Crippen LogP contribution in [0.3, 0.4) is 0 Å². The maximum Gasteiger partial charge on any atom is 0.273 e. The molecule has 0 atom stereocenters. The minimum Gasteiger partial charge on any atom is -0.394 e. The third-order valence-corrected chi connectivity index (χ3v) is 3.78. The molecule has 1 saturated carbocycles. The first kappa shape index (κ1) is 13.1. The molecule has 0 bridgehead atoms. The first-order chi connectivity index (χ1) is 8.64. The van der Waals surface area contributed by atoms with E-state index in [-0.39, 0.29) is 12.5 Å². The van der Waals surface area contributed by atoms with Crippen LogP contribution in [0.15, 0.2) is 10.6 Å². The lowest BCUT2D eigenvalue weighted by molar-refractivity contribution is 0.0809. The Morgan fingerprint density at radius 3 is 2.72 bits per heavy atom. The second-order valence-corrected chi connectivity index (χ2v) is 4.99. The predicted molar refractivity (Wildman–Crippen MR) is 66.3 cm³/mol. The Labute approximate surface area is 107 Å². The highest BCUT2D eigenvalue weighted by Gasteiger charge is 2.31. The van der Waals surface area contributed by atoms with Crippen LogP contribution in [0.4, 0.5) is 0 Å². The fourth-order valence-electron chi connectivity index (χ4n) is 1.95. The zero-order valence-electron chi connectivity index (χ0n) is 10.9. The summed E-state index contributed by atoms with van der Waals surface area (Å²) in [6.07, 6.45) is 3.58. The summed E-state index contributed by atoms with van der Waals surface area (Å²) in [6, 6.07) is 1.71. The number of nitrogens with one attached hydrogen (secondary N) is 1. The highest BCUT2D eigenvalue weighted by Crippen LogP contribution is 2.40. The zero-order chi connectivity index (χ0) is 13.2. The zero-order valence-corrected chi connectivity index (χ0v) is 10.9. The number of aliphatic hydroxyl groups excluding tert-OH is 1. The molecule has 5 nitrogen and oxygen atoms in total. The molecule has 0 aliphatic heterocycles. The number of hydrogen-bond acceptors (Lipinski definition) is 4. The van der Waals surface area contributed by atoms with E-state index in [1.54, 1.807) is 6.07 Å². The van der Waals surface area contributed by atoms with E-state index in [0.717, 1.165) is 18.6 Å². The van der Waals surface area contributed by atoms with E-state index in [4.69, 9.17) is 4.52 Å². The van der Waals surface area contributed by atoms with Gasteiger partial charge in [-0.3, -0.25) is 4.79 Å². The van der Waals surface area contributed by atoms with Crippen molar-refractivity contribution in [2.45, 2.75) is 51.0 Å². The van der Waals surface area contributed by atoms with Gasteiger partial charge in [-0.1, -0.05) is 19.0 Å². The molecule has 5 heteroatoms.